The molecule has 2 saturated carbocycles. The quantitative estimate of drug-likeness (QED) is 0.436. The highest BCUT2D eigenvalue weighted by atomic mass is 16.6. The Morgan fingerprint density at radius 1 is 1.22 bits per heavy atom. The van der Waals surface area contributed by atoms with E-state index in [9.17, 15) is 9.59 Å². The third-order valence-electron chi connectivity index (χ3n) is 4.70. The number of ether oxygens (including phenoxy) is 2. The van der Waals surface area contributed by atoms with E-state index in [0.717, 1.165) is 6.42 Å². The van der Waals surface area contributed by atoms with E-state index in [0.29, 0.717) is 35.7 Å². The van der Waals surface area contributed by atoms with Gasteiger partial charge in [0.25, 0.3) is 6.47 Å². The highest BCUT2D eigenvalue weighted by Gasteiger charge is 2.58. The van der Waals surface area contributed by atoms with Crippen LogP contribution in [0.15, 0.2) is 12.2 Å². The molecule has 0 aromatic heterocycles. The SMILES string of the molecule is C=C(C)C(=O)OC1C2CC(C(C)C2C)C1OC=O. The Labute approximate surface area is 107 Å². The molecular weight excluding hydrogens is 232 g/mol. The lowest BCUT2D eigenvalue weighted by Crippen LogP contribution is -2.44. The fourth-order valence-electron chi connectivity index (χ4n) is 3.50. The van der Waals surface area contributed by atoms with Gasteiger partial charge >= 0.3 is 5.97 Å². The maximum Gasteiger partial charge on any atom is 0.333 e. The van der Waals surface area contributed by atoms with Crippen molar-refractivity contribution in [3.63, 3.8) is 0 Å². The Bertz CT molecular complexity index is 376. The molecule has 2 aliphatic rings. The molecule has 0 aliphatic heterocycles. The first kappa shape index (κ1) is 13.1. The van der Waals surface area contributed by atoms with Crippen molar-refractivity contribution in [1.82, 2.24) is 0 Å². The van der Waals surface area contributed by atoms with E-state index < -0.39 is 5.97 Å². The lowest BCUT2D eigenvalue weighted by Gasteiger charge is -2.36. The lowest BCUT2D eigenvalue weighted by atomic mass is 9.78. The first-order valence-corrected chi connectivity index (χ1v) is 6.43. The van der Waals surface area contributed by atoms with Crippen LogP contribution in [0, 0.1) is 23.7 Å². The van der Waals surface area contributed by atoms with Crippen LogP contribution in [0.25, 0.3) is 0 Å². The van der Waals surface area contributed by atoms with Crippen LogP contribution >= 0.6 is 0 Å². The summed E-state index contributed by atoms with van der Waals surface area (Å²) in [6.07, 6.45) is 0.368. The van der Waals surface area contributed by atoms with Crippen molar-refractivity contribution in [3.8, 4) is 0 Å². The van der Waals surface area contributed by atoms with Gasteiger partial charge in [-0.1, -0.05) is 20.4 Å². The molecular formula is C14H20O4. The second-order valence-corrected chi connectivity index (χ2v) is 5.63. The van der Waals surface area contributed by atoms with E-state index >= 15 is 0 Å². The Morgan fingerprint density at radius 2 is 1.78 bits per heavy atom. The van der Waals surface area contributed by atoms with Crippen LogP contribution in [0.1, 0.15) is 27.2 Å². The fourth-order valence-corrected chi connectivity index (χ4v) is 3.50. The average molecular weight is 252 g/mol. The highest BCUT2D eigenvalue weighted by Crippen LogP contribution is 2.54. The molecule has 0 aromatic rings. The summed E-state index contributed by atoms with van der Waals surface area (Å²) in [6, 6.07) is 0. The van der Waals surface area contributed by atoms with Gasteiger partial charge in [-0.25, -0.2) is 4.79 Å². The topological polar surface area (TPSA) is 52.6 Å². The van der Waals surface area contributed by atoms with E-state index in [4.69, 9.17) is 9.47 Å². The third-order valence-corrected chi connectivity index (χ3v) is 4.70. The van der Waals surface area contributed by atoms with Gasteiger partial charge < -0.3 is 9.47 Å². The average Bonchev–Trinajstić information content (AvgIpc) is 2.79. The van der Waals surface area contributed by atoms with Crippen molar-refractivity contribution in [3.05, 3.63) is 12.2 Å². The highest BCUT2D eigenvalue weighted by molar-refractivity contribution is 5.87. The Balaban J connectivity index is 2.15. The second-order valence-electron chi connectivity index (χ2n) is 5.63. The molecule has 0 spiro atoms. The van der Waals surface area contributed by atoms with E-state index in [1.54, 1.807) is 6.92 Å². The summed E-state index contributed by atoms with van der Waals surface area (Å²) in [5.74, 6) is 1.19. The van der Waals surface area contributed by atoms with Crippen molar-refractivity contribution in [2.45, 2.75) is 39.4 Å². The van der Waals surface area contributed by atoms with Crippen molar-refractivity contribution in [1.29, 1.82) is 0 Å². The summed E-state index contributed by atoms with van der Waals surface area (Å²) in [7, 11) is 0. The minimum atomic E-state index is -0.396. The summed E-state index contributed by atoms with van der Waals surface area (Å²) in [4.78, 5) is 22.3. The zero-order chi connectivity index (χ0) is 13.4. The van der Waals surface area contributed by atoms with Gasteiger partial charge in [0.05, 0.1) is 0 Å². The molecule has 18 heavy (non-hydrogen) atoms. The predicted octanol–water partition coefficient (Wildman–Crippen LogP) is 1.94. The van der Waals surface area contributed by atoms with E-state index in [-0.39, 0.29) is 12.2 Å². The van der Waals surface area contributed by atoms with Gasteiger partial charge in [-0.2, -0.15) is 0 Å². The molecule has 4 nitrogen and oxygen atoms in total. The smallest absolute Gasteiger partial charge is 0.333 e. The fraction of sp³-hybridized carbons (Fsp3) is 0.714. The summed E-state index contributed by atoms with van der Waals surface area (Å²) < 4.78 is 10.6. The number of carbonyl (C=O) groups is 2. The van der Waals surface area contributed by atoms with Gasteiger partial charge in [-0.3, -0.25) is 4.79 Å². The minimum absolute atomic E-state index is 0.290. The minimum Gasteiger partial charge on any atom is -0.460 e. The summed E-state index contributed by atoms with van der Waals surface area (Å²) >= 11 is 0. The molecule has 0 saturated heterocycles. The van der Waals surface area contributed by atoms with Gasteiger partial charge in [-0.15, -0.1) is 0 Å². The lowest BCUT2D eigenvalue weighted by molar-refractivity contribution is -0.167. The number of hydrogen-bond donors (Lipinski definition) is 0. The van der Waals surface area contributed by atoms with Crippen molar-refractivity contribution in [2.75, 3.05) is 0 Å². The molecule has 4 heteroatoms. The Kier molecular flexibility index (Phi) is 3.46. The maximum atomic E-state index is 11.6. The van der Waals surface area contributed by atoms with E-state index in [1.807, 2.05) is 0 Å². The van der Waals surface area contributed by atoms with Crippen molar-refractivity contribution in [2.24, 2.45) is 23.7 Å². The van der Waals surface area contributed by atoms with Crippen molar-refractivity contribution < 1.29 is 19.1 Å². The zero-order valence-corrected chi connectivity index (χ0v) is 11.1. The van der Waals surface area contributed by atoms with Crippen LogP contribution in [0.3, 0.4) is 0 Å². The van der Waals surface area contributed by atoms with Crippen molar-refractivity contribution >= 4 is 12.4 Å². The summed E-state index contributed by atoms with van der Waals surface area (Å²) in [5, 5.41) is 0. The molecule has 6 unspecified atom stereocenters. The van der Waals surface area contributed by atoms with Crippen LogP contribution in [0.2, 0.25) is 0 Å². The van der Waals surface area contributed by atoms with Gasteiger partial charge in [-0.05, 0) is 25.2 Å². The standard InChI is InChI=1S/C14H20O4/c1-7(2)14(16)18-13-11-5-10(8(3)9(11)4)12(13)17-6-15/h6,8-13H,1,5H2,2-4H3. The van der Waals surface area contributed by atoms with Crippen LogP contribution in [0.5, 0.6) is 0 Å². The van der Waals surface area contributed by atoms with Crippen LogP contribution in [-0.2, 0) is 19.1 Å². The second kappa shape index (κ2) is 4.75. The van der Waals surface area contributed by atoms with Gasteiger partial charge in [0.15, 0.2) is 0 Å². The molecule has 0 heterocycles. The monoisotopic (exact) mass is 252 g/mol. The number of fused-ring (bicyclic) bond motifs is 2. The first-order chi connectivity index (χ1) is 8.47. The van der Waals surface area contributed by atoms with Gasteiger partial charge in [0, 0.05) is 17.4 Å². The number of hydrogen-bond acceptors (Lipinski definition) is 4. The molecule has 0 radical (unpaired) electrons. The molecule has 0 N–H and O–H groups in total. The first-order valence-electron chi connectivity index (χ1n) is 6.43. The number of esters is 1. The van der Waals surface area contributed by atoms with Crippen LogP contribution in [-0.4, -0.2) is 24.6 Å². The molecule has 0 aromatic carbocycles. The number of rotatable bonds is 4. The molecule has 6 atom stereocenters. The largest absolute Gasteiger partial charge is 0.460 e. The summed E-state index contributed by atoms with van der Waals surface area (Å²) in [5.41, 5.74) is 0.378. The van der Waals surface area contributed by atoms with Gasteiger partial charge in [0.2, 0.25) is 0 Å². The van der Waals surface area contributed by atoms with E-state index in [2.05, 4.69) is 20.4 Å². The molecule has 0 amide bonds. The van der Waals surface area contributed by atoms with Crippen LogP contribution in [0.4, 0.5) is 0 Å². The third kappa shape index (κ3) is 1.93. The van der Waals surface area contributed by atoms with Gasteiger partial charge in [0.1, 0.15) is 12.2 Å². The molecule has 2 aliphatic carbocycles. The van der Waals surface area contributed by atoms with E-state index in [1.165, 1.54) is 0 Å². The predicted molar refractivity (Wildman–Crippen MR) is 65.6 cm³/mol. The molecule has 100 valence electrons. The maximum absolute atomic E-state index is 11.6. The summed E-state index contributed by atoms with van der Waals surface area (Å²) in [6.45, 7) is 10.0. The zero-order valence-electron chi connectivity index (χ0n) is 11.1. The van der Waals surface area contributed by atoms with Crippen LogP contribution < -0.4 is 0 Å². The molecule has 2 fully saturated rings. The molecule has 2 rings (SSSR count). The molecule has 2 bridgehead atoms. The Hall–Kier alpha value is -1.32. The number of carbonyl (C=O) groups excluding carboxylic acids is 2. The normalized spacial score (nSPS) is 41.5. The Morgan fingerprint density at radius 3 is 2.28 bits per heavy atom.